The van der Waals surface area contributed by atoms with Crippen molar-refractivity contribution in [3.63, 3.8) is 0 Å². The molecule has 0 bridgehead atoms. The molecule has 1 amide bonds. The molecule has 0 saturated carbocycles. The molecule has 2 aromatic carbocycles. The summed E-state index contributed by atoms with van der Waals surface area (Å²) in [5.41, 5.74) is 4.41. The molecule has 0 fully saturated rings. The van der Waals surface area contributed by atoms with Crippen LogP contribution < -0.4 is 10.1 Å². The number of benzene rings is 2. The predicted molar refractivity (Wildman–Crippen MR) is 142 cm³/mol. The third-order valence-electron chi connectivity index (χ3n) is 6.23. The standard InChI is InChI=1S/C28H33FN6O2/c1-18-7-8-23(37-10-9-33(3)4)13-24(18)28(36)32-19(2)25-11-20(21-14-30-34(5)16-21)12-26(27(25)29)22-15-31-35(6)17-22/h7-8,11-17,19H,9-10H2,1-6H3,(H,32,36)/t19-/m1/s1. The summed E-state index contributed by atoms with van der Waals surface area (Å²) < 4.78 is 25.0. The number of amides is 1. The summed E-state index contributed by atoms with van der Waals surface area (Å²) in [5, 5.41) is 11.4. The van der Waals surface area contributed by atoms with Crippen LogP contribution in [0.5, 0.6) is 5.75 Å². The van der Waals surface area contributed by atoms with Gasteiger partial charge in [-0.25, -0.2) is 4.39 Å². The number of likely N-dealkylation sites (N-methyl/N-ethyl adjacent to an activating group) is 1. The number of aryl methyl sites for hydroxylation is 3. The van der Waals surface area contributed by atoms with E-state index in [0.717, 1.165) is 23.2 Å². The minimum Gasteiger partial charge on any atom is -0.492 e. The van der Waals surface area contributed by atoms with E-state index in [9.17, 15) is 4.79 Å². The molecule has 4 rings (SSSR count). The molecule has 2 aromatic heterocycles. The Hall–Kier alpha value is -3.98. The average molecular weight is 505 g/mol. The maximum atomic E-state index is 15.9. The highest BCUT2D eigenvalue weighted by molar-refractivity contribution is 5.96. The van der Waals surface area contributed by atoms with Gasteiger partial charge in [0, 0.05) is 60.9 Å². The summed E-state index contributed by atoms with van der Waals surface area (Å²) in [4.78, 5) is 15.3. The number of aromatic nitrogens is 4. The summed E-state index contributed by atoms with van der Waals surface area (Å²) in [7, 11) is 7.57. The molecule has 9 heteroatoms. The second-order valence-corrected chi connectivity index (χ2v) is 9.56. The van der Waals surface area contributed by atoms with E-state index in [1.807, 2.05) is 51.3 Å². The highest BCUT2D eigenvalue weighted by Gasteiger charge is 2.22. The van der Waals surface area contributed by atoms with Crippen LogP contribution in [0, 0.1) is 12.7 Å². The van der Waals surface area contributed by atoms with Crippen molar-refractivity contribution in [1.29, 1.82) is 0 Å². The monoisotopic (exact) mass is 504 g/mol. The second-order valence-electron chi connectivity index (χ2n) is 9.56. The van der Waals surface area contributed by atoms with Crippen LogP contribution in [0.15, 0.2) is 55.1 Å². The maximum absolute atomic E-state index is 15.9. The zero-order valence-corrected chi connectivity index (χ0v) is 22.1. The van der Waals surface area contributed by atoms with E-state index in [4.69, 9.17) is 4.74 Å². The predicted octanol–water partition coefficient (Wildman–Crippen LogP) is 4.37. The van der Waals surface area contributed by atoms with E-state index in [-0.39, 0.29) is 5.91 Å². The van der Waals surface area contributed by atoms with Crippen LogP contribution >= 0.6 is 0 Å². The number of halogens is 1. The molecule has 0 aliphatic heterocycles. The number of ether oxygens (including phenoxy) is 1. The molecule has 0 aliphatic carbocycles. The van der Waals surface area contributed by atoms with E-state index in [1.165, 1.54) is 0 Å². The summed E-state index contributed by atoms with van der Waals surface area (Å²) >= 11 is 0. The topological polar surface area (TPSA) is 77.2 Å². The normalized spacial score (nSPS) is 12.1. The fourth-order valence-electron chi connectivity index (χ4n) is 4.10. The first-order valence-corrected chi connectivity index (χ1v) is 12.1. The van der Waals surface area contributed by atoms with Crippen LogP contribution in [0.4, 0.5) is 4.39 Å². The molecular formula is C28H33FN6O2. The van der Waals surface area contributed by atoms with Crippen molar-refractivity contribution in [3.8, 4) is 28.0 Å². The van der Waals surface area contributed by atoms with Gasteiger partial charge in [0.05, 0.1) is 18.4 Å². The summed E-state index contributed by atoms with van der Waals surface area (Å²) in [5.74, 6) is -0.0722. The lowest BCUT2D eigenvalue weighted by Crippen LogP contribution is -2.28. The summed E-state index contributed by atoms with van der Waals surface area (Å²) in [6.07, 6.45) is 7.00. The molecule has 1 atom stereocenters. The zero-order valence-electron chi connectivity index (χ0n) is 22.1. The van der Waals surface area contributed by atoms with Crippen molar-refractivity contribution in [2.24, 2.45) is 14.1 Å². The van der Waals surface area contributed by atoms with Gasteiger partial charge in [0.15, 0.2) is 0 Å². The summed E-state index contributed by atoms with van der Waals surface area (Å²) in [6.45, 7) is 4.92. The van der Waals surface area contributed by atoms with Crippen LogP contribution in [0.25, 0.3) is 22.3 Å². The van der Waals surface area contributed by atoms with Crippen LogP contribution in [0.2, 0.25) is 0 Å². The van der Waals surface area contributed by atoms with Crippen LogP contribution in [-0.2, 0) is 14.1 Å². The Morgan fingerprint density at radius 3 is 2.35 bits per heavy atom. The molecule has 1 N–H and O–H groups in total. The average Bonchev–Trinajstić information content (AvgIpc) is 3.48. The van der Waals surface area contributed by atoms with E-state index < -0.39 is 11.9 Å². The Bertz CT molecular complexity index is 1410. The first kappa shape index (κ1) is 26.1. The Morgan fingerprint density at radius 1 is 1.05 bits per heavy atom. The van der Waals surface area contributed by atoms with E-state index in [1.54, 1.807) is 60.1 Å². The lowest BCUT2D eigenvalue weighted by molar-refractivity contribution is 0.0938. The Labute approximate surface area is 216 Å². The van der Waals surface area contributed by atoms with Gasteiger partial charge in [-0.3, -0.25) is 14.2 Å². The van der Waals surface area contributed by atoms with Gasteiger partial charge < -0.3 is 15.0 Å². The Balaban J connectivity index is 1.64. The molecule has 8 nitrogen and oxygen atoms in total. The van der Waals surface area contributed by atoms with Crippen molar-refractivity contribution in [3.05, 3.63) is 77.6 Å². The lowest BCUT2D eigenvalue weighted by Gasteiger charge is -2.19. The SMILES string of the molecule is Cc1ccc(OCCN(C)C)cc1C(=O)N[C@H](C)c1cc(-c2cnn(C)c2)cc(-c2cnn(C)c2)c1F. The first-order valence-electron chi connectivity index (χ1n) is 12.1. The minimum atomic E-state index is -0.600. The highest BCUT2D eigenvalue weighted by Crippen LogP contribution is 2.34. The molecule has 37 heavy (non-hydrogen) atoms. The fraction of sp³-hybridized carbons (Fsp3) is 0.321. The molecule has 0 aliphatic rings. The van der Waals surface area contributed by atoms with Crippen molar-refractivity contribution in [1.82, 2.24) is 29.8 Å². The van der Waals surface area contributed by atoms with Crippen LogP contribution in [0.1, 0.15) is 34.5 Å². The molecule has 0 unspecified atom stereocenters. The molecule has 0 saturated heterocycles. The molecule has 2 heterocycles. The molecule has 0 radical (unpaired) electrons. The molecule has 4 aromatic rings. The van der Waals surface area contributed by atoms with Crippen LogP contribution in [0.3, 0.4) is 0 Å². The number of hydrogen-bond acceptors (Lipinski definition) is 5. The fourth-order valence-corrected chi connectivity index (χ4v) is 4.10. The Kier molecular flexibility index (Phi) is 7.73. The number of rotatable bonds is 9. The van der Waals surface area contributed by atoms with Crippen molar-refractivity contribution in [2.45, 2.75) is 19.9 Å². The van der Waals surface area contributed by atoms with Gasteiger partial charge in [-0.05, 0) is 63.3 Å². The van der Waals surface area contributed by atoms with Gasteiger partial charge in [0.1, 0.15) is 18.2 Å². The van der Waals surface area contributed by atoms with Gasteiger partial charge >= 0.3 is 0 Å². The van der Waals surface area contributed by atoms with E-state index in [0.29, 0.717) is 34.6 Å². The van der Waals surface area contributed by atoms with Gasteiger partial charge in [-0.1, -0.05) is 6.07 Å². The highest BCUT2D eigenvalue weighted by atomic mass is 19.1. The number of nitrogens with zero attached hydrogens (tertiary/aromatic N) is 5. The first-order chi connectivity index (χ1) is 17.6. The zero-order chi connectivity index (χ0) is 26.7. The largest absolute Gasteiger partial charge is 0.492 e. The molecular weight excluding hydrogens is 471 g/mol. The Morgan fingerprint density at radius 2 is 1.73 bits per heavy atom. The van der Waals surface area contributed by atoms with Gasteiger partial charge in [-0.2, -0.15) is 10.2 Å². The van der Waals surface area contributed by atoms with Crippen molar-refractivity contribution in [2.75, 3.05) is 27.2 Å². The number of nitrogens with one attached hydrogen (secondary N) is 1. The smallest absolute Gasteiger partial charge is 0.252 e. The third-order valence-corrected chi connectivity index (χ3v) is 6.23. The van der Waals surface area contributed by atoms with Crippen molar-refractivity contribution < 1.29 is 13.9 Å². The number of hydrogen-bond donors (Lipinski definition) is 1. The minimum absolute atomic E-state index is 0.294. The number of carbonyl (C=O) groups excluding carboxylic acids is 1. The van der Waals surface area contributed by atoms with Crippen molar-refractivity contribution >= 4 is 5.91 Å². The van der Waals surface area contributed by atoms with Gasteiger partial charge in [0.25, 0.3) is 5.91 Å². The van der Waals surface area contributed by atoms with E-state index in [2.05, 4.69) is 15.5 Å². The maximum Gasteiger partial charge on any atom is 0.252 e. The van der Waals surface area contributed by atoms with E-state index >= 15 is 4.39 Å². The van der Waals surface area contributed by atoms with Gasteiger partial charge in [0.2, 0.25) is 0 Å². The summed E-state index contributed by atoms with van der Waals surface area (Å²) in [6, 6.07) is 8.40. The third kappa shape index (κ3) is 6.06. The number of carbonyl (C=O) groups is 1. The van der Waals surface area contributed by atoms with Gasteiger partial charge in [-0.15, -0.1) is 0 Å². The quantitative estimate of drug-likeness (QED) is 0.366. The lowest BCUT2D eigenvalue weighted by atomic mass is 9.95. The second kappa shape index (κ2) is 11.0. The molecule has 0 spiro atoms. The van der Waals surface area contributed by atoms with Crippen LogP contribution in [-0.4, -0.2) is 57.6 Å². The molecule has 194 valence electrons.